The Labute approximate surface area is 150 Å². The van der Waals surface area contributed by atoms with Gasteiger partial charge in [-0.3, -0.25) is 9.69 Å². The molecule has 2 aromatic carbocycles. The van der Waals surface area contributed by atoms with E-state index in [9.17, 15) is 9.59 Å². The maximum Gasteiger partial charge on any atom is 0.425 e. The predicted molar refractivity (Wildman–Crippen MR) is 98.2 cm³/mol. The van der Waals surface area contributed by atoms with Gasteiger partial charge in [0.05, 0.1) is 0 Å². The first-order valence-electron chi connectivity index (χ1n) is 7.95. The summed E-state index contributed by atoms with van der Waals surface area (Å²) in [6.45, 7) is 5.96. The van der Waals surface area contributed by atoms with E-state index in [1.165, 1.54) is 0 Å². The number of nitrogens with two attached hydrogens (primary N) is 1. The lowest BCUT2D eigenvalue weighted by Crippen LogP contribution is -2.82. The van der Waals surface area contributed by atoms with Crippen molar-refractivity contribution in [3.05, 3.63) is 59.2 Å². The summed E-state index contributed by atoms with van der Waals surface area (Å²) in [6.07, 6.45) is 0. The van der Waals surface area contributed by atoms with Crippen molar-refractivity contribution in [3.63, 3.8) is 0 Å². The Morgan fingerprint density at radius 1 is 1.17 bits per heavy atom. The highest BCUT2D eigenvalue weighted by Gasteiger charge is 2.35. The molecule has 1 heterocycles. The van der Waals surface area contributed by atoms with Crippen LogP contribution in [0.3, 0.4) is 0 Å². The molecule has 1 aliphatic heterocycles. The predicted octanol–water partition coefficient (Wildman–Crippen LogP) is 3.86. The van der Waals surface area contributed by atoms with Gasteiger partial charge in [0.1, 0.15) is 10.5 Å². The zero-order valence-corrected chi connectivity index (χ0v) is 15.5. The molecule has 24 heavy (non-hydrogen) atoms. The molecular weight excluding hydrogens is 368 g/mol. The van der Waals surface area contributed by atoms with Gasteiger partial charge in [-0.1, -0.05) is 45.8 Å². The van der Waals surface area contributed by atoms with Crippen molar-refractivity contribution in [2.75, 3.05) is 4.90 Å². The Bertz CT molecular complexity index is 817. The summed E-state index contributed by atoms with van der Waals surface area (Å²) in [5.74, 6) is -0.00718. The van der Waals surface area contributed by atoms with Gasteiger partial charge >= 0.3 is 6.03 Å². The molecule has 0 saturated heterocycles. The summed E-state index contributed by atoms with van der Waals surface area (Å²) < 4.78 is 0. The second kappa shape index (κ2) is 6.49. The number of hydrogen-bond donors (Lipinski definition) is 1. The van der Waals surface area contributed by atoms with Gasteiger partial charge < -0.3 is 0 Å². The molecule has 2 N–H and O–H groups in total. The van der Waals surface area contributed by atoms with Crippen LogP contribution in [-0.2, 0) is 0 Å². The van der Waals surface area contributed by atoms with Crippen LogP contribution in [0.2, 0.25) is 0 Å². The van der Waals surface area contributed by atoms with Gasteiger partial charge in [-0.15, -0.1) is 0 Å². The topological polar surface area (TPSA) is 54.0 Å². The van der Waals surface area contributed by atoms with E-state index in [4.69, 9.17) is 0 Å². The van der Waals surface area contributed by atoms with E-state index in [2.05, 4.69) is 15.9 Å². The zero-order chi connectivity index (χ0) is 17.4. The first-order chi connectivity index (χ1) is 11.4. The fraction of sp³-hybridized carbons (Fsp3) is 0.263. The second-order valence-corrected chi connectivity index (χ2v) is 7.28. The normalized spacial score (nSPS) is 14.9. The number of ketones is 1. The Kier molecular flexibility index (Phi) is 4.56. The lowest BCUT2D eigenvalue weighted by Gasteiger charge is -2.17. The smallest absolute Gasteiger partial charge is 0.293 e. The summed E-state index contributed by atoms with van der Waals surface area (Å²) in [5, 5.41) is 1.60. The summed E-state index contributed by atoms with van der Waals surface area (Å²) in [5.41, 5.74) is 4.33. The maximum atomic E-state index is 12.8. The fourth-order valence-electron chi connectivity index (χ4n) is 3.02. The molecule has 1 aliphatic rings. The van der Waals surface area contributed by atoms with Crippen LogP contribution in [-0.4, -0.2) is 17.9 Å². The Morgan fingerprint density at radius 3 is 2.58 bits per heavy atom. The number of primary amides is 1. The summed E-state index contributed by atoms with van der Waals surface area (Å²) in [6, 6.07) is 13.4. The molecule has 0 saturated carbocycles. The Balaban J connectivity index is 1.90. The third kappa shape index (κ3) is 3.01. The van der Waals surface area contributed by atoms with Gasteiger partial charge in [0.25, 0.3) is 0 Å². The first kappa shape index (κ1) is 16.9. The number of quaternary nitrogens is 1. The number of anilines is 1. The van der Waals surface area contributed by atoms with Crippen molar-refractivity contribution in [1.29, 1.82) is 0 Å². The number of amides is 2. The molecule has 0 radical (unpaired) electrons. The minimum Gasteiger partial charge on any atom is -0.293 e. The number of rotatable bonds is 4. The third-order valence-corrected chi connectivity index (χ3v) is 5.11. The standard InChI is InChI=1S/C19H19BrN2O2/c1-11(2)22-16-8-7-14(10-15(16)21-19(22)24)18(23)17(20)13-6-4-5-12(3)9-13/h4-11,17H,1-3H3,(H,21,24)/p+1. The number of fused-ring (bicyclic) bond motifs is 1. The van der Waals surface area contributed by atoms with E-state index < -0.39 is 4.83 Å². The van der Waals surface area contributed by atoms with Gasteiger partial charge in [-0.25, -0.2) is 10.1 Å². The molecule has 1 unspecified atom stereocenters. The number of alkyl halides is 1. The molecule has 0 spiro atoms. The molecule has 2 aromatic rings. The van der Waals surface area contributed by atoms with Gasteiger partial charge in [-0.05, 0) is 38.5 Å². The summed E-state index contributed by atoms with van der Waals surface area (Å²) in [7, 11) is 0. The molecule has 124 valence electrons. The number of hydrogen-bond acceptors (Lipinski definition) is 2. The number of urea groups is 1. The number of carbonyl (C=O) groups is 2. The average Bonchev–Trinajstić information content (AvgIpc) is 2.88. The van der Waals surface area contributed by atoms with Crippen molar-refractivity contribution in [2.45, 2.75) is 31.6 Å². The summed E-state index contributed by atoms with van der Waals surface area (Å²) >= 11 is 3.51. The van der Waals surface area contributed by atoms with Gasteiger partial charge in [-0.2, -0.15) is 0 Å². The molecule has 5 heteroatoms. The minimum atomic E-state index is -0.395. The van der Waals surface area contributed by atoms with E-state index in [1.807, 2.05) is 57.2 Å². The molecule has 1 atom stereocenters. The SMILES string of the molecule is Cc1cccc(C(Br)C(=O)c2ccc3c(c2)[NH2+]C(=O)N3C(C)C)c1. The number of aryl methyl sites for hydroxylation is 1. The summed E-state index contributed by atoms with van der Waals surface area (Å²) in [4.78, 5) is 26.3. The van der Waals surface area contributed by atoms with Crippen molar-refractivity contribution in [1.82, 2.24) is 0 Å². The number of carbonyl (C=O) groups excluding carboxylic acids is 2. The molecule has 0 aromatic heterocycles. The molecule has 2 amide bonds. The highest BCUT2D eigenvalue weighted by atomic mass is 79.9. The van der Waals surface area contributed by atoms with Crippen LogP contribution in [0.4, 0.5) is 16.2 Å². The van der Waals surface area contributed by atoms with Gasteiger partial charge in [0, 0.05) is 17.7 Å². The number of halogens is 1. The Hall–Kier alpha value is -1.98. The van der Waals surface area contributed by atoms with E-state index in [0.29, 0.717) is 5.56 Å². The van der Waals surface area contributed by atoms with Crippen LogP contribution in [0.15, 0.2) is 42.5 Å². The van der Waals surface area contributed by atoms with Crippen LogP contribution in [0.1, 0.15) is 40.2 Å². The zero-order valence-electron chi connectivity index (χ0n) is 13.9. The quantitative estimate of drug-likeness (QED) is 0.491. The third-order valence-electron chi connectivity index (χ3n) is 4.17. The molecule has 0 fully saturated rings. The highest BCUT2D eigenvalue weighted by molar-refractivity contribution is 9.09. The van der Waals surface area contributed by atoms with Crippen molar-refractivity contribution in [3.8, 4) is 0 Å². The minimum absolute atomic E-state index is 0.00718. The van der Waals surface area contributed by atoms with Crippen LogP contribution < -0.4 is 10.2 Å². The fourth-order valence-corrected chi connectivity index (χ4v) is 3.57. The lowest BCUT2D eigenvalue weighted by molar-refractivity contribution is -0.454. The van der Waals surface area contributed by atoms with Crippen molar-refractivity contribution >= 4 is 39.1 Å². The highest BCUT2D eigenvalue weighted by Crippen LogP contribution is 2.32. The van der Waals surface area contributed by atoms with Gasteiger partial charge in [0.2, 0.25) is 0 Å². The monoisotopic (exact) mass is 387 g/mol. The number of Topliss-reactive ketones (excluding diaryl/α,β-unsaturated/α-hetero) is 1. The van der Waals surface area contributed by atoms with Crippen LogP contribution in [0.25, 0.3) is 0 Å². The first-order valence-corrected chi connectivity index (χ1v) is 8.87. The molecule has 3 rings (SSSR count). The van der Waals surface area contributed by atoms with Crippen LogP contribution in [0.5, 0.6) is 0 Å². The number of benzene rings is 2. The van der Waals surface area contributed by atoms with Crippen LogP contribution in [0, 0.1) is 6.92 Å². The molecular formula is C19H20BrN2O2+. The Morgan fingerprint density at radius 2 is 1.92 bits per heavy atom. The van der Waals surface area contributed by atoms with Crippen molar-refractivity contribution < 1.29 is 14.9 Å². The van der Waals surface area contributed by atoms with Crippen molar-refractivity contribution in [2.24, 2.45) is 0 Å². The van der Waals surface area contributed by atoms with E-state index in [0.717, 1.165) is 22.5 Å². The largest absolute Gasteiger partial charge is 0.425 e. The molecule has 0 bridgehead atoms. The van der Waals surface area contributed by atoms with E-state index >= 15 is 0 Å². The second-order valence-electron chi connectivity index (χ2n) is 6.36. The molecule has 0 aliphatic carbocycles. The van der Waals surface area contributed by atoms with Crippen LogP contribution >= 0.6 is 15.9 Å². The average molecular weight is 388 g/mol. The molecule has 4 nitrogen and oxygen atoms in total. The maximum absolute atomic E-state index is 12.8. The van der Waals surface area contributed by atoms with E-state index in [1.54, 1.807) is 16.3 Å². The van der Waals surface area contributed by atoms with Gasteiger partial charge in [0.15, 0.2) is 11.5 Å². The van der Waals surface area contributed by atoms with E-state index in [-0.39, 0.29) is 17.9 Å². The number of nitrogens with zero attached hydrogens (tertiary/aromatic N) is 1. The lowest BCUT2D eigenvalue weighted by atomic mass is 10.0.